The van der Waals surface area contributed by atoms with Crippen LogP contribution in [0, 0.1) is 41.5 Å². The lowest BCUT2D eigenvalue weighted by atomic mass is 10.0. The minimum atomic E-state index is -2.67. The van der Waals surface area contributed by atoms with Gasteiger partial charge in [-0.15, -0.1) is 0 Å². The molecule has 0 bridgehead atoms. The molecule has 0 aliphatic heterocycles. The van der Waals surface area contributed by atoms with E-state index < -0.39 is 18.8 Å². The molecular formula is C26H28O3P. The highest BCUT2D eigenvalue weighted by molar-refractivity contribution is 7.80. The molecule has 0 fully saturated rings. The molecule has 0 spiro atoms. The minimum absolute atomic E-state index is 0.400. The van der Waals surface area contributed by atoms with E-state index in [4.69, 9.17) is 0 Å². The first-order chi connectivity index (χ1) is 14.1. The second-order valence-corrected chi connectivity index (χ2v) is 9.01. The van der Waals surface area contributed by atoms with Gasteiger partial charge in [0.1, 0.15) is 0 Å². The Morgan fingerprint density at radius 2 is 0.767 bits per heavy atom. The van der Waals surface area contributed by atoms with Crippen LogP contribution in [-0.2, 0) is 4.57 Å². The third-order valence-electron chi connectivity index (χ3n) is 4.82. The average Bonchev–Trinajstić information content (AvgIpc) is 2.67. The Bertz CT molecular complexity index is 954. The summed E-state index contributed by atoms with van der Waals surface area (Å²) in [5.74, 6) is 0. The van der Waals surface area contributed by atoms with Crippen molar-refractivity contribution in [2.75, 3.05) is 0 Å². The highest BCUT2D eigenvalue weighted by Gasteiger charge is 2.29. The first kappa shape index (κ1) is 23.4. The first-order valence-electron chi connectivity index (χ1n) is 9.85. The smallest absolute Gasteiger partial charge is 0.250 e. The predicted octanol–water partition coefficient (Wildman–Crippen LogP) is 7.03. The number of carbonyl (C=O) groups is 2. The maximum Gasteiger partial charge on any atom is 0.250 e. The van der Waals surface area contributed by atoms with Crippen molar-refractivity contribution in [2.24, 2.45) is 0 Å². The van der Waals surface area contributed by atoms with Gasteiger partial charge in [0.15, 0.2) is 0 Å². The molecule has 0 aliphatic carbocycles. The molecule has 3 aromatic carbocycles. The molecule has 0 amide bonds. The third-order valence-corrected chi connectivity index (χ3v) is 6.00. The van der Waals surface area contributed by atoms with Gasteiger partial charge in [-0.05, 0) is 63.8 Å². The number of hydrogen-bond acceptors (Lipinski definition) is 3. The van der Waals surface area contributed by atoms with Gasteiger partial charge in [-0.25, -0.2) is 0 Å². The lowest BCUT2D eigenvalue weighted by molar-refractivity contribution is 0.104. The van der Waals surface area contributed by atoms with Crippen molar-refractivity contribution in [3.05, 3.63) is 105 Å². The summed E-state index contributed by atoms with van der Waals surface area (Å²) in [7, 11) is -2.67. The van der Waals surface area contributed by atoms with Crippen LogP contribution in [-0.4, -0.2) is 11.0 Å². The first-order valence-corrected chi connectivity index (χ1v) is 11.1. The molecule has 0 saturated carbocycles. The van der Waals surface area contributed by atoms with Gasteiger partial charge < -0.3 is 0 Å². The fraction of sp³-hybridized carbons (Fsp3) is 0.231. The van der Waals surface area contributed by atoms with Crippen LogP contribution in [0.2, 0.25) is 0 Å². The maximum absolute atomic E-state index is 12.7. The van der Waals surface area contributed by atoms with E-state index in [1.54, 1.807) is 0 Å². The van der Waals surface area contributed by atoms with E-state index in [1.807, 2.05) is 102 Å². The van der Waals surface area contributed by atoms with Crippen LogP contribution >= 0.6 is 7.80 Å². The van der Waals surface area contributed by atoms with Crippen molar-refractivity contribution in [1.29, 1.82) is 0 Å². The van der Waals surface area contributed by atoms with Crippen LogP contribution in [0.1, 0.15) is 54.1 Å². The zero-order chi connectivity index (χ0) is 22.4. The Balaban J connectivity index is 0.000000456. The molecule has 30 heavy (non-hydrogen) atoms. The monoisotopic (exact) mass is 419 g/mol. The van der Waals surface area contributed by atoms with Crippen LogP contribution in [0.15, 0.2) is 60.7 Å². The second-order valence-electron chi connectivity index (χ2n) is 7.61. The molecule has 3 aromatic rings. The lowest BCUT2D eigenvalue weighted by Crippen LogP contribution is -2.08. The number of aryl methyl sites for hydroxylation is 6. The summed E-state index contributed by atoms with van der Waals surface area (Å²) in [5.41, 5.74) is 4.74. The van der Waals surface area contributed by atoms with Crippen LogP contribution in [0.5, 0.6) is 0 Å². The van der Waals surface area contributed by atoms with Crippen LogP contribution in [0.4, 0.5) is 0 Å². The Kier molecular flexibility index (Phi) is 7.97. The summed E-state index contributed by atoms with van der Waals surface area (Å²) >= 11 is 0. The molecule has 3 rings (SSSR count). The van der Waals surface area contributed by atoms with E-state index >= 15 is 0 Å². The van der Waals surface area contributed by atoms with Gasteiger partial charge in [0.25, 0.3) is 0 Å². The molecule has 155 valence electrons. The molecule has 4 heteroatoms. The topological polar surface area (TPSA) is 51.2 Å². The molecule has 0 aromatic heterocycles. The van der Waals surface area contributed by atoms with Gasteiger partial charge in [0, 0.05) is 11.1 Å². The van der Waals surface area contributed by atoms with Crippen LogP contribution < -0.4 is 0 Å². The number of carbonyl (C=O) groups excluding carboxylic acids is 2. The Labute approximate surface area is 179 Å². The van der Waals surface area contributed by atoms with E-state index in [0.29, 0.717) is 11.1 Å². The number of benzene rings is 3. The summed E-state index contributed by atoms with van der Waals surface area (Å²) < 4.78 is 12.7. The molecule has 0 atom stereocenters. The molecule has 0 saturated heterocycles. The van der Waals surface area contributed by atoms with E-state index in [0.717, 1.165) is 33.4 Å². The molecule has 0 heterocycles. The summed E-state index contributed by atoms with van der Waals surface area (Å²) in [6, 6.07) is 19.5. The van der Waals surface area contributed by atoms with Gasteiger partial charge >= 0.3 is 0 Å². The molecule has 0 N–H and O–H groups in total. The van der Waals surface area contributed by atoms with Crippen molar-refractivity contribution in [3.8, 4) is 0 Å². The minimum Gasteiger partial charge on any atom is -0.281 e. The van der Waals surface area contributed by atoms with Gasteiger partial charge in [-0.2, -0.15) is 0 Å². The fourth-order valence-electron chi connectivity index (χ4n) is 3.71. The van der Waals surface area contributed by atoms with E-state index in [2.05, 4.69) is 0 Å². The van der Waals surface area contributed by atoms with Gasteiger partial charge in [-0.3, -0.25) is 14.2 Å². The maximum atomic E-state index is 12.7. The van der Waals surface area contributed by atoms with Crippen LogP contribution in [0.25, 0.3) is 0 Å². The summed E-state index contributed by atoms with van der Waals surface area (Å²) in [6.45, 7) is 11.1. The normalized spacial score (nSPS) is 10.1. The van der Waals surface area contributed by atoms with Crippen LogP contribution in [0.3, 0.4) is 0 Å². The van der Waals surface area contributed by atoms with Gasteiger partial charge in [0.2, 0.25) is 18.8 Å². The predicted molar refractivity (Wildman–Crippen MR) is 124 cm³/mol. The van der Waals surface area contributed by atoms with E-state index in [1.165, 1.54) is 0 Å². The Hall–Kier alpha value is -2.90. The lowest BCUT2D eigenvalue weighted by Gasteiger charge is -2.12. The summed E-state index contributed by atoms with van der Waals surface area (Å²) in [6.07, 6.45) is 0. The van der Waals surface area contributed by atoms with Gasteiger partial charge in [-0.1, -0.05) is 71.8 Å². The van der Waals surface area contributed by atoms with E-state index in [9.17, 15) is 14.2 Å². The van der Waals surface area contributed by atoms with Crippen molar-refractivity contribution in [3.63, 3.8) is 0 Å². The molecule has 0 aliphatic rings. The molecule has 3 nitrogen and oxygen atoms in total. The molecule has 0 unspecified atom stereocenters. The van der Waals surface area contributed by atoms with Crippen molar-refractivity contribution < 1.29 is 14.2 Å². The average molecular weight is 419 g/mol. The summed E-state index contributed by atoms with van der Waals surface area (Å²) in [4.78, 5) is 25.4. The zero-order valence-electron chi connectivity index (χ0n) is 18.4. The number of rotatable bonds is 4. The summed E-state index contributed by atoms with van der Waals surface area (Å²) in [5, 5.41) is 0. The fourth-order valence-corrected chi connectivity index (χ4v) is 5.01. The highest BCUT2D eigenvalue weighted by atomic mass is 31.1. The zero-order valence-corrected chi connectivity index (χ0v) is 19.3. The SMILES string of the molecule is Cc1cc(C)c(C(=O)[P](=O)C(=O)c2c(C)cc(C)cc2C)c(C)c1.c1ccccc1. The Morgan fingerprint density at radius 1 is 0.533 bits per heavy atom. The Morgan fingerprint density at radius 3 is 1.00 bits per heavy atom. The van der Waals surface area contributed by atoms with Crippen molar-refractivity contribution in [2.45, 2.75) is 41.5 Å². The molecule has 1 radical (unpaired) electrons. The standard InChI is InChI=1S/C20H22O3P.C6H6/c1-11-7-13(3)17(14(4)8-11)19(21)24(23)20(22)18-15(5)9-12(2)10-16(18)6;1-2-4-6-5-3-1/h7-10H,1-6H3;1-6H. The molecular weight excluding hydrogens is 391 g/mol. The van der Waals surface area contributed by atoms with E-state index in [-0.39, 0.29) is 0 Å². The van der Waals surface area contributed by atoms with Crippen molar-refractivity contribution in [1.82, 2.24) is 0 Å². The second kappa shape index (κ2) is 10.2. The number of hydrogen-bond donors (Lipinski definition) is 0. The third kappa shape index (κ3) is 5.58. The highest BCUT2D eigenvalue weighted by Crippen LogP contribution is 2.36. The quantitative estimate of drug-likeness (QED) is 0.427. The van der Waals surface area contributed by atoms with Crippen molar-refractivity contribution >= 4 is 18.8 Å². The largest absolute Gasteiger partial charge is 0.281 e. The van der Waals surface area contributed by atoms with Gasteiger partial charge in [0.05, 0.1) is 0 Å².